The summed E-state index contributed by atoms with van der Waals surface area (Å²) in [4.78, 5) is 1.33. The summed E-state index contributed by atoms with van der Waals surface area (Å²) >= 11 is 1.89. The predicted molar refractivity (Wildman–Crippen MR) is 200 cm³/mol. The highest BCUT2D eigenvalue weighted by Gasteiger charge is 2.25. The van der Waals surface area contributed by atoms with Crippen molar-refractivity contribution in [2.24, 2.45) is 11.7 Å². The molecule has 3 heteroatoms. The van der Waals surface area contributed by atoms with E-state index in [9.17, 15) is 0 Å². The predicted octanol–water partition coefficient (Wildman–Crippen LogP) is 11.6. The third kappa shape index (κ3) is 3.95. The van der Waals surface area contributed by atoms with E-state index in [1.165, 1.54) is 86.1 Å². The number of allylic oxidation sites excluding steroid dienone is 1. The molecule has 222 valence electrons. The number of hydrogen-bond acceptors (Lipinski definition) is 2. The van der Waals surface area contributed by atoms with Gasteiger partial charge >= 0.3 is 0 Å². The molecule has 0 saturated heterocycles. The molecular weight excluding hydrogens is 577 g/mol. The Bertz CT molecular complexity index is 2510. The first-order chi connectivity index (χ1) is 22.6. The molecule has 2 heterocycles. The molecule has 2 nitrogen and oxygen atoms in total. The summed E-state index contributed by atoms with van der Waals surface area (Å²) in [6.07, 6.45) is 7.31. The van der Waals surface area contributed by atoms with Gasteiger partial charge in [-0.1, -0.05) is 97.9 Å². The number of para-hydroxylation sites is 2. The van der Waals surface area contributed by atoms with Crippen LogP contribution in [0.15, 0.2) is 121 Å². The molecule has 46 heavy (non-hydrogen) atoms. The van der Waals surface area contributed by atoms with Crippen molar-refractivity contribution in [1.29, 1.82) is 0 Å². The van der Waals surface area contributed by atoms with Gasteiger partial charge in [0.05, 0.1) is 6.04 Å². The van der Waals surface area contributed by atoms with Crippen molar-refractivity contribution in [2.45, 2.75) is 26.3 Å². The van der Waals surface area contributed by atoms with Gasteiger partial charge in [-0.05, 0) is 111 Å². The smallest absolute Gasteiger partial charge is 0.0663 e. The summed E-state index contributed by atoms with van der Waals surface area (Å²) in [7, 11) is 0. The fourth-order valence-electron chi connectivity index (χ4n) is 8.09. The maximum absolute atomic E-state index is 6.14. The first-order valence-electron chi connectivity index (χ1n) is 16.2. The lowest BCUT2D eigenvalue weighted by molar-refractivity contribution is 0.697. The monoisotopic (exact) mass is 610 g/mol. The molecule has 0 radical (unpaired) electrons. The van der Waals surface area contributed by atoms with Crippen LogP contribution in [0, 0.1) is 5.92 Å². The lowest BCUT2D eigenvalue weighted by atomic mass is 9.77. The summed E-state index contributed by atoms with van der Waals surface area (Å²) in [5.74, 6) is 0.401. The SMILES string of the molecule is CC1Cc2c(c3ccccc3c3ccccc23)C=C1c1ccc2sc(C(C)n3c4ccccc4c4ccccc43)c(/C=C\N)c2c1. The van der Waals surface area contributed by atoms with E-state index in [1.54, 1.807) is 6.20 Å². The minimum absolute atomic E-state index is 0.135. The maximum atomic E-state index is 6.14. The van der Waals surface area contributed by atoms with Gasteiger partial charge in [-0.2, -0.15) is 0 Å². The normalized spacial score (nSPS) is 15.8. The summed E-state index contributed by atoms with van der Waals surface area (Å²) in [5.41, 5.74) is 15.4. The van der Waals surface area contributed by atoms with Crippen LogP contribution in [0.1, 0.15) is 47.0 Å². The molecule has 2 unspecified atom stereocenters. The van der Waals surface area contributed by atoms with Crippen LogP contribution in [0.3, 0.4) is 0 Å². The summed E-state index contributed by atoms with van der Waals surface area (Å²) < 4.78 is 3.79. The van der Waals surface area contributed by atoms with E-state index in [1.807, 2.05) is 11.3 Å². The molecule has 8 aromatic rings. The van der Waals surface area contributed by atoms with Crippen molar-refractivity contribution in [3.05, 3.63) is 149 Å². The Morgan fingerprint density at radius 1 is 0.717 bits per heavy atom. The third-order valence-corrected chi connectivity index (χ3v) is 11.5. The zero-order valence-electron chi connectivity index (χ0n) is 26.0. The van der Waals surface area contributed by atoms with Crippen molar-refractivity contribution in [2.75, 3.05) is 0 Å². The molecule has 0 saturated carbocycles. The van der Waals surface area contributed by atoms with Gasteiger partial charge in [0.2, 0.25) is 0 Å². The van der Waals surface area contributed by atoms with Crippen molar-refractivity contribution in [3.8, 4) is 0 Å². The summed E-state index contributed by atoms with van der Waals surface area (Å²) in [6.45, 7) is 4.71. The van der Waals surface area contributed by atoms with Gasteiger partial charge in [-0.25, -0.2) is 0 Å². The van der Waals surface area contributed by atoms with E-state index in [0.29, 0.717) is 5.92 Å². The van der Waals surface area contributed by atoms with Crippen molar-refractivity contribution in [3.63, 3.8) is 0 Å². The van der Waals surface area contributed by atoms with Crippen LogP contribution in [-0.2, 0) is 6.42 Å². The Labute approximate surface area is 272 Å². The first kappa shape index (κ1) is 27.2. The standard InChI is InChI=1S/C43H34N2S/c1-26-23-37-31-13-5-3-11-29(31)30-12-4-6-14-32(30)38(37)25-36(26)28-19-20-42-39(24-28)35(21-22-44)43(46-42)27(2)45-40-17-9-7-15-33(40)34-16-8-10-18-41(34)45/h3-22,24-27H,23,44H2,1-2H3/b22-21-. The van der Waals surface area contributed by atoms with Gasteiger partial charge in [-0.15, -0.1) is 11.3 Å². The minimum atomic E-state index is 0.135. The van der Waals surface area contributed by atoms with E-state index in [4.69, 9.17) is 5.73 Å². The first-order valence-corrected chi connectivity index (χ1v) is 17.0. The van der Waals surface area contributed by atoms with Crippen LogP contribution < -0.4 is 5.73 Å². The Hall–Kier alpha value is -5.12. The van der Waals surface area contributed by atoms with Crippen LogP contribution in [0.4, 0.5) is 0 Å². The quantitative estimate of drug-likeness (QED) is 0.197. The molecule has 9 rings (SSSR count). The van der Waals surface area contributed by atoms with Gasteiger partial charge in [0.1, 0.15) is 0 Å². The molecule has 2 atom stereocenters. The highest BCUT2D eigenvalue weighted by atomic mass is 32.1. The molecule has 0 fully saturated rings. The Kier molecular flexibility index (Phi) is 6.19. The molecule has 1 aliphatic carbocycles. The van der Waals surface area contributed by atoms with Crippen molar-refractivity contribution >= 4 is 82.5 Å². The highest BCUT2D eigenvalue weighted by molar-refractivity contribution is 7.19. The zero-order valence-corrected chi connectivity index (χ0v) is 26.8. The second kappa shape index (κ2) is 10.5. The summed E-state index contributed by atoms with van der Waals surface area (Å²) in [5, 5.41) is 9.26. The molecule has 0 amide bonds. The van der Waals surface area contributed by atoms with Crippen LogP contribution in [-0.4, -0.2) is 4.57 Å². The lowest BCUT2D eigenvalue weighted by Crippen LogP contribution is -2.10. The molecule has 6 aromatic carbocycles. The van der Waals surface area contributed by atoms with Gasteiger partial charge in [0, 0.05) is 36.8 Å². The van der Waals surface area contributed by atoms with E-state index in [0.717, 1.165) is 6.42 Å². The molecule has 0 spiro atoms. The van der Waals surface area contributed by atoms with Gasteiger partial charge in [0.25, 0.3) is 0 Å². The van der Waals surface area contributed by atoms with Crippen LogP contribution in [0.2, 0.25) is 0 Å². The molecule has 2 aromatic heterocycles. The van der Waals surface area contributed by atoms with E-state index in [-0.39, 0.29) is 6.04 Å². The Balaban J connectivity index is 1.23. The van der Waals surface area contributed by atoms with Crippen LogP contribution in [0.5, 0.6) is 0 Å². The number of fused-ring (bicyclic) bond motifs is 10. The lowest BCUT2D eigenvalue weighted by Gasteiger charge is -2.26. The number of hydrogen-bond donors (Lipinski definition) is 1. The average molecular weight is 611 g/mol. The van der Waals surface area contributed by atoms with E-state index < -0.39 is 0 Å². The van der Waals surface area contributed by atoms with Crippen LogP contribution in [0.25, 0.3) is 71.2 Å². The molecule has 1 aliphatic rings. The number of benzene rings is 6. The topological polar surface area (TPSA) is 30.9 Å². The zero-order chi connectivity index (χ0) is 30.9. The molecular formula is C43H34N2S. The van der Waals surface area contributed by atoms with Gasteiger partial charge in [0.15, 0.2) is 0 Å². The molecule has 0 bridgehead atoms. The van der Waals surface area contributed by atoms with Crippen LogP contribution >= 0.6 is 11.3 Å². The number of nitrogens with zero attached hydrogens (tertiary/aromatic N) is 1. The largest absolute Gasteiger partial charge is 0.405 e. The fourth-order valence-corrected chi connectivity index (χ4v) is 9.30. The van der Waals surface area contributed by atoms with Gasteiger partial charge in [-0.3, -0.25) is 0 Å². The number of rotatable bonds is 4. The maximum Gasteiger partial charge on any atom is 0.0663 e. The van der Waals surface area contributed by atoms with E-state index >= 15 is 0 Å². The minimum Gasteiger partial charge on any atom is -0.405 e. The number of aromatic nitrogens is 1. The second-order valence-electron chi connectivity index (χ2n) is 12.7. The third-order valence-electron chi connectivity index (χ3n) is 10.2. The number of thiophene rings is 1. The highest BCUT2D eigenvalue weighted by Crippen LogP contribution is 2.45. The fraction of sp³-hybridized carbons (Fsp3) is 0.116. The average Bonchev–Trinajstić information content (AvgIpc) is 3.63. The Morgan fingerprint density at radius 3 is 1.98 bits per heavy atom. The molecule has 0 aliphatic heterocycles. The van der Waals surface area contributed by atoms with Gasteiger partial charge < -0.3 is 10.3 Å². The Morgan fingerprint density at radius 2 is 1.30 bits per heavy atom. The molecule has 2 N–H and O–H groups in total. The van der Waals surface area contributed by atoms with E-state index in [2.05, 4.69) is 146 Å². The number of nitrogens with two attached hydrogens (primary N) is 1. The summed E-state index contributed by atoms with van der Waals surface area (Å²) in [6, 6.07) is 42.6. The second-order valence-corrected chi connectivity index (χ2v) is 13.8. The van der Waals surface area contributed by atoms with Crippen molar-refractivity contribution < 1.29 is 0 Å². The van der Waals surface area contributed by atoms with Crippen molar-refractivity contribution in [1.82, 2.24) is 4.57 Å².